The van der Waals surface area contributed by atoms with Gasteiger partial charge in [-0.15, -0.1) is 0 Å². The molecule has 5 heteroatoms. The predicted molar refractivity (Wildman–Crippen MR) is 94.5 cm³/mol. The maximum atomic E-state index is 13.0. The molecule has 1 heterocycles. The van der Waals surface area contributed by atoms with Crippen molar-refractivity contribution in [2.75, 3.05) is 28.8 Å². The first kappa shape index (κ1) is 15.9. The summed E-state index contributed by atoms with van der Waals surface area (Å²) in [5.41, 5.74) is 1.78. The lowest BCUT2D eigenvalue weighted by molar-refractivity contribution is 0.587. The van der Waals surface area contributed by atoms with Gasteiger partial charge in [-0.05, 0) is 30.7 Å². The van der Waals surface area contributed by atoms with Gasteiger partial charge in [0.15, 0.2) is 0 Å². The van der Waals surface area contributed by atoms with Crippen molar-refractivity contribution < 1.29 is 8.42 Å². The van der Waals surface area contributed by atoms with Crippen molar-refractivity contribution >= 4 is 21.4 Å². The van der Waals surface area contributed by atoms with Gasteiger partial charge < -0.3 is 4.90 Å². The lowest BCUT2D eigenvalue weighted by atomic mass is 10.2. The zero-order valence-corrected chi connectivity index (χ0v) is 14.2. The number of anilines is 2. The minimum Gasteiger partial charge on any atom is -0.368 e. The summed E-state index contributed by atoms with van der Waals surface area (Å²) in [6, 6.07) is 16.4. The van der Waals surface area contributed by atoms with E-state index in [1.807, 2.05) is 30.3 Å². The number of benzene rings is 2. The Morgan fingerprint density at radius 1 is 0.913 bits per heavy atom. The highest BCUT2D eigenvalue weighted by Crippen LogP contribution is 2.36. The molecule has 0 saturated heterocycles. The van der Waals surface area contributed by atoms with Crippen LogP contribution in [0.25, 0.3) is 0 Å². The average Bonchev–Trinajstić information content (AvgIpc) is 2.60. The Kier molecular flexibility index (Phi) is 4.57. The molecule has 122 valence electrons. The summed E-state index contributed by atoms with van der Waals surface area (Å²) in [6.07, 6.45) is 2.24. The monoisotopic (exact) mass is 330 g/mol. The Bertz CT molecular complexity index is 760. The molecule has 0 amide bonds. The first-order valence-corrected chi connectivity index (χ1v) is 9.50. The van der Waals surface area contributed by atoms with Crippen molar-refractivity contribution in [1.82, 2.24) is 0 Å². The van der Waals surface area contributed by atoms with E-state index >= 15 is 0 Å². The highest BCUT2D eigenvalue weighted by Gasteiger charge is 2.31. The topological polar surface area (TPSA) is 40.6 Å². The lowest BCUT2D eigenvalue weighted by Crippen LogP contribution is -2.44. The standard InChI is InChI=1S/C18H22N2O2S/c1-2-3-13-19-14-15-20(18-12-8-7-11-17(18)19)23(21,22)16-9-5-4-6-10-16/h4-12H,2-3,13-15H2,1H3. The highest BCUT2D eigenvalue weighted by molar-refractivity contribution is 7.92. The summed E-state index contributed by atoms with van der Waals surface area (Å²) in [4.78, 5) is 2.63. The zero-order chi connectivity index (χ0) is 16.3. The molecule has 0 bridgehead atoms. The Balaban J connectivity index is 1.99. The summed E-state index contributed by atoms with van der Waals surface area (Å²) in [5.74, 6) is 0. The van der Waals surface area contributed by atoms with Crippen LogP contribution in [0.1, 0.15) is 19.8 Å². The van der Waals surface area contributed by atoms with E-state index in [4.69, 9.17) is 0 Å². The maximum Gasteiger partial charge on any atom is 0.264 e. The van der Waals surface area contributed by atoms with Gasteiger partial charge in [0, 0.05) is 13.1 Å². The van der Waals surface area contributed by atoms with E-state index < -0.39 is 10.0 Å². The molecule has 0 fully saturated rings. The molecule has 0 N–H and O–H groups in total. The van der Waals surface area contributed by atoms with Gasteiger partial charge in [0.05, 0.1) is 22.8 Å². The fraction of sp³-hybridized carbons (Fsp3) is 0.333. The van der Waals surface area contributed by atoms with Crippen LogP contribution < -0.4 is 9.21 Å². The lowest BCUT2D eigenvalue weighted by Gasteiger charge is -2.38. The van der Waals surface area contributed by atoms with E-state index in [9.17, 15) is 8.42 Å². The minimum atomic E-state index is -3.51. The molecule has 0 aromatic heterocycles. The highest BCUT2D eigenvalue weighted by atomic mass is 32.2. The van der Waals surface area contributed by atoms with Crippen LogP contribution in [0.5, 0.6) is 0 Å². The van der Waals surface area contributed by atoms with Crippen molar-refractivity contribution in [1.29, 1.82) is 0 Å². The maximum absolute atomic E-state index is 13.0. The smallest absolute Gasteiger partial charge is 0.264 e. The van der Waals surface area contributed by atoms with Gasteiger partial charge in [-0.2, -0.15) is 0 Å². The summed E-state index contributed by atoms with van der Waals surface area (Å²) in [5, 5.41) is 0. The number of para-hydroxylation sites is 2. The van der Waals surface area contributed by atoms with Crippen molar-refractivity contribution in [3.8, 4) is 0 Å². The first-order valence-electron chi connectivity index (χ1n) is 8.06. The molecule has 0 radical (unpaired) electrons. The minimum absolute atomic E-state index is 0.344. The number of fused-ring (bicyclic) bond motifs is 1. The first-order chi connectivity index (χ1) is 11.1. The van der Waals surface area contributed by atoms with Gasteiger partial charge in [-0.1, -0.05) is 43.7 Å². The quantitative estimate of drug-likeness (QED) is 0.842. The third kappa shape index (κ3) is 3.06. The molecule has 0 unspecified atom stereocenters. The Morgan fingerprint density at radius 3 is 2.26 bits per heavy atom. The van der Waals surface area contributed by atoms with Gasteiger partial charge in [0.1, 0.15) is 0 Å². The zero-order valence-electron chi connectivity index (χ0n) is 13.4. The molecule has 1 aliphatic heterocycles. The Hall–Kier alpha value is -2.01. The van der Waals surface area contributed by atoms with Crippen LogP contribution in [0.4, 0.5) is 11.4 Å². The Morgan fingerprint density at radius 2 is 1.57 bits per heavy atom. The average molecular weight is 330 g/mol. The van der Waals surface area contributed by atoms with Crippen LogP contribution >= 0.6 is 0 Å². The molecular formula is C18H22N2O2S. The predicted octanol–water partition coefficient (Wildman–Crippen LogP) is 3.50. The van der Waals surface area contributed by atoms with Crippen molar-refractivity contribution in [2.24, 2.45) is 0 Å². The number of sulfonamides is 1. The third-order valence-corrected chi connectivity index (χ3v) is 6.00. The van der Waals surface area contributed by atoms with Gasteiger partial charge in [-0.3, -0.25) is 4.31 Å². The second-order valence-corrected chi connectivity index (χ2v) is 7.58. The van der Waals surface area contributed by atoms with E-state index in [0.29, 0.717) is 11.4 Å². The largest absolute Gasteiger partial charge is 0.368 e. The molecule has 2 aromatic carbocycles. The van der Waals surface area contributed by atoms with Gasteiger partial charge in [-0.25, -0.2) is 8.42 Å². The SMILES string of the molecule is CCCCN1CCN(S(=O)(=O)c2ccccc2)c2ccccc21. The van der Waals surface area contributed by atoms with E-state index in [-0.39, 0.29) is 0 Å². The molecule has 23 heavy (non-hydrogen) atoms. The summed E-state index contributed by atoms with van der Waals surface area (Å²) in [6.45, 7) is 4.34. The van der Waals surface area contributed by atoms with Crippen LogP contribution in [0, 0.1) is 0 Å². The van der Waals surface area contributed by atoms with Crippen molar-refractivity contribution in [2.45, 2.75) is 24.7 Å². The van der Waals surface area contributed by atoms with E-state index in [1.54, 1.807) is 28.6 Å². The molecule has 4 nitrogen and oxygen atoms in total. The van der Waals surface area contributed by atoms with E-state index in [2.05, 4.69) is 11.8 Å². The number of hydrogen-bond acceptors (Lipinski definition) is 3. The molecule has 0 aliphatic carbocycles. The fourth-order valence-electron chi connectivity index (χ4n) is 2.95. The van der Waals surface area contributed by atoms with Crippen LogP contribution in [0.15, 0.2) is 59.5 Å². The molecule has 2 aromatic rings. The molecular weight excluding hydrogens is 308 g/mol. The Labute approximate surface area is 138 Å². The van der Waals surface area contributed by atoms with Gasteiger partial charge in [0.25, 0.3) is 10.0 Å². The van der Waals surface area contributed by atoms with E-state index in [1.165, 1.54) is 0 Å². The molecule has 0 spiro atoms. The normalized spacial score (nSPS) is 14.7. The van der Waals surface area contributed by atoms with Crippen LogP contribution in [-0.2, 0) is 10.0 Å². The molecule has 1 aliphatic rings. The van der Waals surface area contributed by atoms with Crippen molar-refractivity contribution in [3.63, 3.8) is 0 Å². The number of unbranched alkanes of at least 4 members (excludes halogenated alkanes) is 1. The molecule has 3 rings (SSSR count). The second-order valence-electron chi connectivity index (χ2n) is 5.72. The number of rotatable bonds is 5. The third-order valence-electron chi connectivity index (χ3n) is 4.18. The number of hydrogen-bond donors (Lipinski definition) is 0. The van der Waals surface area contributed by atoms with E-state index in [0.717, 1.165) is 37.3 Å². The second kappa shape index (κ2) is 6.62. The molecule has 0 saturated carbocycles. The van der Waals surface area contributed by atoms with Gasteiger partial charge >= 0.3 is 0 Å². The summed E-state index contributed by atoms with van der Waals surface area (Å²) >= 11 is 0. The van der Waals surface area contributed by atoms with Gasteiger partial charge in [0.2, 0.25) is 0 Å². The number of nitrogens with zero attached hydrogens (tertiary/aromatic N) is 2. The molecule has 0 atom stereocenters. The van der Waals surface area contributed by atoms with Crippen LogP contribution in [0.3, 0.4) is 0 Å². The summed E-state index contributed by atoms with van der Waals surface area (Å²) in [7, 11) is -3.51. The fourth-order valence-corrected chi connectivity index (χ4v) is 4.44. The van der Waals surface area contributed by atoms with Crippen molar-refractivity contribution in [3.05, 3.63) is 54.6 Å². The summed E-state index contributed by atoms with van der Waals surface area (Å²) < 4.78 is 27.5. The van der Waals surface area contributed by atoms with Crippen LogP contribution in [0.2, 0.25) is 0 Å². The van der Waals surface area contributed by atoms with Crippen LogP contribution in [-0.4, -0.2) is 28.1 Å².